The average molecular weight is 307 g/mol. The third kappa shape index (κ3) is 2.66. The standard InChI is InChI=1S/C20H21NO2/c22-20-17-8-2-1-7-15(17)16-9-5-10-18(19(16)20)23-14-6-13-21-11-3-4-12-21/h1-2,5,7-10H,3-4,6,11-14H2. The monoisotopic (exact) mass is 307 g/mol. The lowest BCUT2D eigenvalue weighted by Gasteiger charge is -2.15. The molecule has 118 valence electrons. The maximum atomic E-state index is 12.7. The van der Waals surface area contributed by atoms with Crippen LogP contribution in [-0.4, -0.2) is 36.9 Å². The largest absolute Gasteiger partial charge is 0.493 e. The lowest BCUT2D eigenvalue weighted by molar-refractivity contribution is 0.103. The first-order valence-electron chi connectivity index (χ1n) is 8.47. The molecule has 3 heteroatoms. The number of carbonyl (C=O) groups excluding carboxylic acids is 1. The van der Waals surface area contributed by atoms with E-state index in [1.54, 1.807) is 0 Å². The van der Waals surface area contributed by atoms with Gasteiger partial charge in [0.25, 0.3) is 0 Å². The molecule has 1 heterocycles. The van der Waals surface area contributed by atoms with Crippen LogP contribution in [0.25, 0.3) is 11.1 Å². The summed E-state index contributed by atoms with van der Waals surface area (Å²) in [6, 6.07) is 13.7. The van der Waals surface area contributed by atoms with E-state index < -0.39 is 0 Å². The van der Waals surface area contributed by atoms with E-state index in [9.17, 15) is 4.79 Å². The molecule has 0 spiro atoms. The quantitative estimate of drug-likeness (QED) is 0.672. The summed E-state index contributed by atoms with van der Waals surface area (Å²) in [6.07, 6.45) is 3.64. The van der Waals surface area contributed by atoms with Crippen molar-refractivity contribution in [3.63, 3.8) is 0 Å². The van der Waals surface area contributed by atoms with Crippen molar-refractivity contribution in [2.45, 2.75) is 19.3 Å². The molecule has 2 aliphatic rings. The molecule has 0 unspecified atom stereocenters. The summed E-state index contributed by atoms with van der Waals surface area (Å²) in [5.74, 6) is 0.816. The molecule has 1 fully saturated rings. The lowest BCUT2D eigenvalue weighted by atomic mass is 10.1. The van der Waals surface area contributed by atoms with Gasteiger partial charge in [-0.05, 0) is 49.5 Å². The van der Waals surface area contributed by atoms with Crippen LogP contribution in [-0.2, 0) is 0 Å². The molecule has 2 aromatic rings. The van der Waals surface area contributed by atoms with Crippen LogP contribution in [0, 0.1) is 0 Å². The normalized spacial score (nSPS) is 16.4. The second-order valence-corrected chi connectivity index (χ2v) is 6.30. The first kappa shape index (κ1) is 14.5. The second-order valence-electron chi connectivity index (χ2n) is 6.30. The predicted octanol–water partition coefficient (Wildman–Crippen LogP) is 3.76. The molecule has 0 bridgehead atoms. The zero-order valence-corrected chi connectivity index (χ0v) is 13.3. The molecular weight excluding hydrogens is 286 g/mol. The molecule has 0 amide bonds. The Morgan fingerprint density at radius 1 is 0.913 bits per heavy atom. The molecule has 0 radical (unpaired) electrons. The van der Waals surface area contributed by atoms with E-state index in [1.165, 1.54) is 25.9 Å². The Morgan fingerprint density at radius 2 is 1.65 bits per heavy atom. The zero-order valence-electron chi connectivity index (χ0n) is 13.3. The number of nitrogens with zero attached hydrogens (tertiary/aromatic N) is 1. The number of likely N-dealkylation sites (tertiary alicyclic amines) is 1. The van der Waals surface area contributed by atoms with E-state index >= 15 is 0 Å². The molecule has 1 aliphatic heterocycles. The Labute approximate surface area is 136 Å². The van der Waals surface area contributed by atoms with Crippen molar-refractivity contribution in [1.82, 2.24) is 4.90 Å². The summed E-state index contributed by atoms with van der Waals surface area (Å²) in [6.45, 7) is 4.18. The van der Waals surface area contributed by atoms with Gasteiger partial charge in [0.1, 0.15) is 5.75 Å². The lowest BCUT2D eigenvalue weighted by Crippen LogP contribution is -2.22. The van der Waals surface area contributed by atoms with E-state index in [2.05, 4.69) is 4.90 Å². The number of hydrogen-bond acceptors (Lipinski definition) is 3. The van der Waals surface area contributed by atoms with Gasteiger partial charge in [-0.25, -0.2) is 0 Å². The minimum absolute atomic E-state index is 0.0887. The third-order valence-corrected chi connectivity index (χ3v) is 4.79. The van der Waals surface area contributed by atoms with E-state index in [0.717, 1.165) is 41.0 Å². The van der Waals surface area contributed by atoms with Crippen molar-refractivity contribution < 1.29 is 9.53 Å². The molecule has 2 aromatic carbocycles. The highest BCUT2D eigenvalue weighted by Gasteiger charge is 2.29. The maximum Gasteiger partial charge on any atom is 0.198 e. The number of hydrogen-bond donors (Lipinski definition) is 0. The summed E-state index contributed by atoms with van der Waals surface area (Å²) in [4.78, 5) is 15.1. The van der Waals surface area contributed by atoms with Crippen molar-refractivity contribution >= 4 is 5.78 Å². The zero-order chi connectivity index (χ0) is 15.6. The molecule has 4 rings (SSSR count). The minimum Gasteiger partial charge on any atom is -0.493 e. The van der Waals surface area contributed by atoms with E-state index in [1.807, 2.05) is 42.5 Å². The van der Waals surface area contributed by atoms with E-state index in [0.29, 0.717) is 6.61 Å². The van der Waals surface area contributed by atoms with Gasteiger partial charge in [0.15, 0.2) is 5.78 Å². The van der Waals surface area contributed by atoms with Gasteiger partial charge in [0.05, 0.1) is 12.2 Å². The Morgan fingerprint density at radius 3 is 2.48 bits per heavy atom. The van der Waals surface area contributed by atoms with Gasteiger partial charge in [-0.3, -0.25) is 4.79 Å². The van der Waals surface area contributed by atoms with Crippen LogP contribution >= 0.6 is 0 Å². The number of rotatable bonds is 5. The highest BCUT2D eigenvalue weighted by Crippen LogP contribution is 2.40. The van der Waals surface area contributed by atoms with Crippen molar-refractivity contribution in [3.8, 4) is 16.9 Å². The topological polar surface area (TPSA) is 29.5 Å². The Bertz CT molecular complexity index is 732. The second kappa shape index (κ2) is 6.17. The van der Waals surface area contributed by atoms with E-state index in [-0.39, 0.29) is 5.78 Å². The van der Waals surface area contributed by atoms with Crippen LogP contribution in [0.1, 0.15) is 35.2 Å². The van der Waals surface area contributed by atoms with Crippen molar-refractivity contribution in [2.24, 2.45) is 0 Å². The highest BCUT2D eigenvalue weighted by atomic mass is 16.5. The van der Waals surface area contributed by atoms with Crippen LogP contribution in [0.3, 0.4) is 0 Å². The van der Waals surface area contributed by atoms with Gasteiger partial charge in [-0.1, -0.05) is 36.4 Å². The van der Waals surface area contributed by atoms with Crippen LogP contribution in [0.15, 0.2) is 42.5 Å². The molecule has 23 heavy (non-hydrogen) atoms. The Hall–Kier alpha value is -2.13. The van der Waals surface area contributed by atoms with Crippen LogP contribution in [0.2, 0.25) is 0 Å². The van der Waals surface area contributed by atoms with Crippen LogP contribution in [0.5, 0.6) is 5.75 Å². The molecular formula is C20H21NO2. The van der Waals surface area contributed by atoms with Crippen molar-refractivity contribution in [1.29, 1.82) is 0 Å². The van der Waals surface area contributed by atoms with Gasteiger partial charge in [-0.2, -0.15) is 0 Å². The molecule has 0 aromatic heterocycles. The average Bonchev–Trinajstić information content (AvgIpc) is 3.20. The van der Waals surface area contributed by atoms with E-state index in [4.69, 9.17) is 4.74 Å². The maximum absolute atomic E-state index is 12.7. The SMILES string of the molecule is O=C1c2ccccc2-c2cccc(OCCCN3CCCC3)c21. The van der Waals surface area contributed by atoms with Gasteiger partial charge in [-0.15, -0.1) is 0 Å². The fourth-order valence-electron chi connectivity index (χ4n) is 3.64. The number of carbonyl (C=O) groups is 1. The molecule has 1 aliphatic carbocycles. The van der Waals surface area contributed by atoms with Crippen molar-refractivity contribution in [3.05, 3.63) is 53.6 Å². The Kier molecular flexibility index (Phi) is 3.88. The molecule has 1 saturated heterocycles. The summed E-state index contributed by atoms with van der Waals surface area (Å²) in [5, 5.41) is 0. The number of benzene rings is 2. The van der Waals surface area contributed by atoms with Gasteiger partial charge < -0.3 is 9.64 Å². The minimum atomic E-state index is 0.0887. The summed E-state index contributed by atoms with van der Waals surface area (Å²) >= 11 is 0. The first-order chi connectivity index (χ1) is 11.3. The highest BCUT2D eigenvalue weighted by molar-refractivity contribution is 6.23. The van der Waals surface area contributed by atoms with Gasteiger partial charge in [0, 0.05) is 12.1 Å². The smallest absolute Gasteiger partial charge is 0.198 e. The van der Waals surface area contributed by atoms with Crippen molar-refractivity contribution in [2.75, 3.05) is 26.2 Å². The van der Waals surface area contributed by atoms with Crippen LogP contribution < -0.4 is 4.74 Å². The Balaban J connectivity index is 1.48. The molecule has 0 saturated carbocycles. The molecule has 0 N–H and O–H groups in total. The fraction of sp³-hybridized carbons (Fsp3) is 0.350. The van der Waals surface area contributed by atoms with Crippen LogP contribution in [0.4, 0.5) is 0 Å². The molecule has 0 atom stereocenters. The number of ketones is 1. The predicted molar refractivity (Wildman–Crippen MR) is 91.1 cm³/mol. The van der Waals surface area contributed by atoms with Gasteiger partial charge >= 0.3 is 0 Å². The summed E-state index contributed by atoms with van der Waals surface area (Å²) in [7, 11) is 0. The fourth-order valence-corrected chi connectivity index (χ4v) is 3.64. The summed E-state index contributed by atoms with van der Waals surface area (Å²) in [5.41, 5.74) is 3.54. The number of fused-ring (bicyclic) bond motifs is 3. The number of ether oxygens (including phenoxy) is 1. The van der Waals surface area contributed by atoms with Gasteiger partial charge in [0.2, 0.25) is 0 Å². The first-order valence-corrected chi connectivity index (χ1v) is 8.47. The third-order valence-electron chi connectivity index (χ3n) is 4.79. The summed E-state index contributed by atoms with van der Waals surface area (Å²) < 4.78 is 5.96. The molecule has 3 nitrogen and oxygen atoms in total.